The van der Waals surface area contributed by atoms with Gasteiger partial charge in [-0.05, 0) is 71.6 Å². The van der Waals surface area contributed by atoms with Gasteiger partial charge in [0.05, 0.1) is 13.2 Å². The first-order valence-electron chi connectivity index (χ1n) is 10.5. The average molecular weight is 425 g/mol. The van der Waals surface area contributed by atoms with Crippen molar-refractivity contribution in [2.45, 2.75) is 38.5 Å². The van der Waals surface area contributed by atoms with Gasteiger partial charge in [-0.3, -0.25) is 9.80 Å². The van der Waals surface area contributed by atoms with Crippen LogP contribution in [0.1, 0.15) is 36.6 Å². The molecule has 1 saturated heterocycles. The van der Waals surface area contributed by atoms with Crippen LogP contribution in [0.5, 0.6) is 5.75 Å². The molecule has 3 atom stereocenters. The highest BCUT2D eigenvalue weighted by Crippen LogP contribution is 2.35. The largest absolute Gasteiger partial charge is 0.497 e. The van der Waals surface area contributed by atoms with E-state index < -0.39 is 0 Å². The highest BCUT2D eigenvalue weighted by atomic mass is 32.1. The van der Waals surface area contributed by atoms with Crippen LogP contribution in [0, 0.1) is 5.82 Å². The molecule has 0 N–H and O–H groups in total. The minimum Gasteiger partial charge on any atom is -0.497 e. The molecule has 158 valence electrons. The summed E-state index contributed by atoms with van der Waals surface area (Å²) in [5.74, 6) is 0.723. The molecule has 3 nitrogen and oxygen atoms in total. The lowest BCUT2D eigenvalue weighted by Crippen LogP contribution is -2.56. The number of halogens is 1. The Morgan fingerprint density at radius 2 is 1.87 bits per heavy atom. The van der Waals surface area contributed by atoms with E-state index in [1.165, 1.54) is 17.2 Å². The zero-order valence-electron chi connectivity index (χ0n) is 17.8. The number of ether oxygens (including phenoxy) is 1. The maximum absolute atomic E-state index is 13.6. The molecule has 1 fully saturated rings. The normalized spacial score (nSPS) is 21.5. The molecule has 1 aromatic heterocycles. The second kappa shape index (κ2) is 9.29. The molecule has 2 aromatic carbocycles. The number of hydrogen-bond donors (Lipinski definition) is 0. The van der Waals surface area contributed by atoms with Crippen molar-refractivity contribution in [3.63, 3.8) is 0 Å². The number of nitrogens with zero attached hydrogens (tertiary/aromatic N) is 2. The molecule has 30 heavy (non-hydrogen) atoms. The SMILES string of the molecule is COc1cccc([C@@H](c2ccsc2)N2C[C@@H](C)N(Cc3cccc(F)c3)C[C@@H]2C)c1. The molecule has 0 radical (unpaired) electrons. The molecular weight excluding hydrogens is 395 g/mol. The Hall–Kier alpha value is -2.21. The molecular formula is C25H29FN2OS. The summed E-state index contributed by atoms with van der Waals surface area (Å²) in [6.07, 6.45) is 0. The van der Waals surface area contributed by atoms with Gasteiger partial charge in [-0.2, -0.15) is 11.3 Å². The van der Waals surface area contributed by atoms with Crippen LogP contribution in [0.4, 0.5) is 4.39 Å². The standard InChI is InChI=1S/C25H29FN2OS/c1-18-15-28(19(2)14-27(18)16-20-6-4-8-23(26)12-20)25(22-10-11-30-17-22)21-7-5-9-24(13-21)29-3/h4-13,17-19,25H,14-16H2,1-3H3/t18-,19+,25+/m1/s1. The van der Waals surface area contributed by atoms with E-state index in [0.29, 0.717) is 12.1 Å². The van der Waals surface area contributed by atoms with Crippen molar-refractivity contribution in [2.24, 2.45) is 0 Å². The van der Waals surface area contributed by atoms with Crippen LogP contribution in [-0.4, -0.2) is 42.1 Å². The Bertz CT molecular complexity index is 961. The minimum atomic E-state index is -0.164. The molecule has 0 spiro atoms. The smallest absolute Gasteiger partial charge is 0.123 e. The lowest BCUT2D eigenvalue weighted by Gasteiger charge is -2.47. The van der Waals surface area contributed by atoms with Crippen molar-refractivity contribution in [2.75, 3.05) is 20.2 Å². The van der Waals surface area contributed by atoms with Crippen LogP contribution in [0.2, 0.25) is 0 Å². The fourth-order valence-corrected chi connectivity index (χ4v) is 5.17. The van der Waals surface area contributed by atoms with Crippen molar-refractivity contribution < 1.29 is 9.13 Å². The molecule has 5 heteroatoms. The third-order valence-corrected chi connectivity index (χ3v) is 6.74. The van der Waals surface area contributed by atoms with E-state index in [-0.39, 0.29) is 11.9 Å². The quantitative estimate of drug-likeness (QED) is 0.514. The summed E-state index contributed by atoms with van der Waals surface area (Å²) in [6.45, 7) is 7.24. The van der Waals surface area contributed by atoms with Gasteiger partial charge >= 0.3 is 0 Å². The number of hydrogen-bond acceptors (Lipinski definition) is 4. The third-order valence-electron chi connectivity index (χ3n) is 6.04. The first kappa shape index (κ1) is 21.0. The highest BCUT2D eigenvalue weighted by Gasteiger charge is 2.35. The average Bonchev–Trinajstić information content (AvgIpc) is 3.26. The van der Waals surface area contributed by atoms with Gasteiger partial charge in [-0.25, -0.2) is 4.39 Å². The van der Waals surface area contributed by atoms with E-state index in [2.05, 4.69) is 58.7 Å². The lowest BCUT2D eigenvalue weighted by atomic mass is 9.95. The second-order valence-corrected chi connectivity index (χ2v) is 8.97. The molecule has 0 amide bonds. The number of piperazine rings is 1. The Labute approximate surface area is 182 Å². The van der Waals surface area contributed by atoms with E-state index in [4.69, 9.17) is 4.74 Å². The molecule has 4 rings (SSSR count). The van der Waals surface area contributed by atoms with Crippen LogP contribution in [-0.2, 0) is 6.54 Å². The molecule has 0 unspecified atom stereocenters. The van der Waals surface area contributed by atoms with E-state index >= 15 is 0 Å². The van der Waals surface area contributed by atoms with E-state index in [1.54, 1.807) is 30.6 Å². The Kier molecular flexibility index (Phi) is 6.52. The molecule has 1 aliphatic rings. The maximum atomic E-state index is 13.6. The number of benzene rings is 2. The molecule has 1 aliphatic heterocycles. The van der Waals surface area contributed by atoms with Gasteiger partial charge < -0.3 is 4.74 Å². The predicted molar refractivity (Wildman–Crippen MR) is 122 cm³/mol. The zero-order chi connectivity index (χ0) is 21.1. The molecule has 0 aliphatic carbocycles. The van der Waals surface area contributed by atoms with Crippen molar-refractivity contribution >= 4 is 11.3 Å². The molecule has 0 saturated carbocycles. The van der Waals surface area contributed by atoms with Crippen LogP contribution in [0.25, 0.3) is 0 Å². The van der Waals surface area contributed by atoms with Gasteiger partial charge in [0.2, 0.25) is 0 Å². The van der Waals surface area contributed by atoms with Crippen LogP contribution < -0.4 is 4.74 Å². The Balaban J connectivity index is 1.58. The molecule has 0 bridgehead atoms. The van der Waals surface area contributed by atoms with Crippen molar-refractivity contribution in [1.29, 1.82) is 0 Å². The molecule has 3 aromatic rings. The van der Waals surface area contributed by atoms with Crippen LogP contribution in [0.15, 0.2) is 65.4 Å². The van der Waals surface area contributed by atoms with Crippen LogP contribution in [0.3, 0.4) is 0 Å². The number of rotatable bonds is 6. The summed E-state index contributed by atoms with van der Waals surface area (Å²) in [7, 11) is 1.72. The summed E-state index contributed by atoms with van der Waals surface area (Å²) < 4.78 is 19.1. The second-order valence-electron chi connectivity index (χ2n) is 8.19. The van der Waals surface area contributed by atoms with Gasteiger partial charge in [0.15, 0.2) is 0 Å². The van der Waals surface area contributed by atoms with Crippen molar-refractivity contribution in [3.8, 4) is 5.75 Å². The third kappa shape index (κ3) is 4.59. The summed E-state index contributed by atoms with van der Waals surface area (Å²) in [5, 5.41) is 4.40. The first-order chi connectivity index (χ1) is 14.5. The van der Waals surface area contributed by atoms with Gasteiger partial charge in [0.25, 0.3) is 0 Å². The first-order valence-corrected chi connectivity index (χ1v) is 11.4. The van der Waals surface area contributed by atoms with Crippen molar-refractivity contribution in [3.05, 3.63) is 87.9 Å². The summed E-state index contributed by atoms with van der Waals surface area (Å²) in [4.78, 5) is 5.07. The predicted octanol–water partition coefficient (Wildman–Crippen LogP) is 5.58. The monoisotopic (exact) mass is 424 g/mol. The highest BCUT2D eigenvalue weighted by molar-refractivity contribution is 7.08. The van der Waals surface area contributed by atoms with E-state index in [0.717, 1.165) is 30.9 Å². The van der Waals surface area contributed by atoms with E-state index in [1.807, 2.05) is 12.1 Å². The summed E-state index contributed by atoms with van der Waals surface area (Å²) >= 11 is 1.74. The Morgan fingerprint density at radius 3 is 2.60 bits per heavy atom. The van der Waals surface area contributed by atoms with Gasteiger partial charge in [0, 0.05) is 31.7 Å². The molecule has 2 heterocycles. The van der Waals surface area contributed by atoms with Crippen LogP contribution >= 0.6 is 11.3 Å². The number of methoxy groups -OCH3 is 1. The maximum Gasteiger partial charge on any atom is 0.123 e. The summed E-state index contributed by atoms with van der Waals surface area (Å²) in [5.41, 5.74) is 3.61. The zero-order valence-corrected chi connectivity index (χ0v) is 18.6. The van der Waals surface area contributed by atoms with Gasteiger partial charge in [0.1, 0.15) is 11.6 Å². The van der Waals surface area contributed by atoms with Gasteiger partial charge in [-0.1, -0.05) is 24.3 Å². The van der Waals surface area contributed by atoms with E-state index in [9.17, 15) is 4.39 Å². The fraction of sp³-hybridized carbons (Fsp3) is 0.360. The van der Waals surface area contributed by atoms with Gasteiger partial charge in [-0.15, -0.1) is 0 Å². The van der Waals surface area contributed by atoms with Crippen molar-refractivity contribution in [1.82, 2.24) is 9.80 Å². The number of thiophene rings is 1. The fourth-order valence-electron chi connectivity index (χ4n) is 4.49. The lowest BCUT2D eigenvalue weighted by molar-refractivity contribution is 0.0195. The minimum absolute atomic E-state index is 0.164. The Morgan fingerprint density at radius 1 is 1.03 bits per heavy atom. The topological polar surface area (TPSA) is 15.7 Å². The summed E-state index contributed by atoms with van der Waals surface area (Å²) in [6, 6.07) is 18.5.